The van der Waals surface area contributed by atoms with Crippen LogP contribution in [0.3, 0.4) is 0 Å². The van der Waals surface area contributed by atoms with Crippen LogP contribution in [0.15, 0.2) is 12.3 Å². The highest BCUT2D eigenvalue weighted by atomic mass is 35.5. The predicted octanol–water partition coefficient (Wildman–Crippen LogP) is 1.70. The second kappa shape index (κ2) is 6.28. The van der Waals surface area contributed by atoms with Crippen LogP contribution in [0.1, 0.15) is 12.0 Å². The van der Waals surface area contributed by atoms with E-state index in [1.165, 1.54) is 7.11 Å². The van der Waals surface area contributed by atoms with Gasteiger partial charge in [-0.1, -0.05) is 23.4 Å². The van der Waals surface area contributed by atoms with Crippen LogP contribution in [0.5, 0.6) is 5.88 Å². The molecule has 0 aliphatic rings. The molecule has 0 saturated carbocycles. The van der Waals surface area contributed by atoms with Gasteiger partial charge in [0.2, 0.25) is 5.88 Å². The lowest BCUT2D eigenvalue weighted by Crippen LogP contribution is -2.05. The fraction of sp³-hybridized carbons (Fsp3) is 0.364. The van der Waals surface area contributed by atoms with E-state index in [1.54, 1.807) is 12.3 Å². The number of halogens is 1. The van der Waals surface area contributed by atoms with Crippen LogP contribution in [0, 0.1) is 11.8 Å². The molecule has 0 unspecified atom stereocenters. The number of hydrogen-bond acceptors (Lipinski definition) is 3. The highest BCUT2D eigenvalue weighted by Crippen LogP contribution is 2.21. The predicted molar refractivity (Wildman–Crippen MR) is 61.2 cm³/mol. The first-order valence-corrected chi connectivity index (χ1v) is 4.98. The van der Waals surface area contributed by atoms with Crippen LogP contribution < -0.4 is 10.1 Å². The quantitative estimate of drug-likeness (QED) is 0.627. The van der Waals surface area contributed by atoms with Crippen LogP contribution >= 0.6 is 11.6 Å². The Hall–Kier alpha value is -1.24. The van der Waals surface area contributed by atoms with Gasteiger partial charge in [0, 0.05) is 24.7 Å². The molecule has 0 radical (unpaired) electrons. The fourth-order valence-electron chi connectivity index (χ4n) is 0.996. The number of ether oxygens (including phenoxy) is 1. The van der Waals surface area contributed by atoms with E-state index < -0.39 is 0 Å². The second-order valence-corrected chi connectivity index (χ2v) is 3.28. The molecule has 80 valence electrons. The summed E-state index contributed by atoms with van der Waals surface area (Å²) in [4.78, 5) is 4.02. The molecule has 0 amide bonds. The van der Waals surface area contributed by atoms with Gasteiger partial charge in [-0.05, 0) is 13.1 Å². The van der Waals surface area contributed by atoms with Gasteiger partial charge in [0.15, 0.2) is 0 Å². The summed E-state index contributed by atoms with van der Waals surface area (Å²) in [6.45, 7) is 0.879. The average molecular weight is 225 g/mol. The summed E-state index contributed by atoms with van der Waals surface area (Å²) in [7, 11) is 3.43. The molecule has 1 rings (SSSR count). The van der Waals surface area contributed by atoms with Crippen molar-refractivity contribution < 1.29 is 4.74 Å². The van der Waals surface area contributed by atoms with Gasteiger partial charge in [0.05, 0.1) is 7.11 Å². The minimum Gasteiger partial charge on any atom is -0.480 e. The summed E-state index contributed by atoms with van der Waals surface area (Å²) in [6, 6.07) is 1.75. The van der Waals surface area contributed by atoms with E-state index in [4.69, 9.17) is 16.3 Å². The summed E-state index contributed by atoms with van der Waals surface area (Å²) in [6.07, 6.45) is 2.46. The average Bonchev–Trinajstić information content (AvgIpc) is 2.25. The van der Waals surface area contributed by atoms with Crippen molar-refractivity contribution in [2.45, 2.75) is 6.42 Å². The van der Waals surface area contributed by atoms with Crippen LogP contribution in [0.2, 0.25) is 5.02 Å². The Morgan fingerprint density at radius 3 is 3.00 bits per heavy atom. The molecular formula is C11H13ClN2O. The lowest BCUT2D eigenvalue weighted by Gasteiger charge is -2.00. The molecule has 1 heterocycles. The van der Waals surface area contributed by atoms with Crippen molar-refractivity contribution >= 4 is 11.6 Å². The zero-order valence-electron chi connectivity index (χ0n) is 8.80. The minimum atomic E-state index is 0.428. The molecule has 0 atom stereocenters. The zero-order valence-corrected chi connectivity index (χ0v) is 9.56. The van der Waals surface area contributed by atoms with Crippen molar-refractivity contribution in [3.8, 4) is 17.7 Å². The van der Waals surface area contributed by atoms with Crippen LogP contribution in [0.4, 0.5) is 0 Å². The number of nitrogens with one attached hydrogen (secondary N) is 1. The van der Waals surface area contributed by atoms with E-state index in [9.17, 15) is 0 Å². The largest absolute Gasteiger partial charge is 0.480 e. The molecule has 1 N–H and O–H groups in total. The Balaban J connectivity index is 2.69. The number of aromatic nitrogens is 1. The smallest absolute Gasteiger partial charge is 0.232 e. The number of hydrogen-bond donors (Lipinski definition) is 1. The first kappa shape index (κ1) is 11.8. The molecule has 0 aliphatic carbocycles. The molecular weight excluding hydrogens is 212 g/mol. The summed E-state index contributed by atoms with van der Waals surface area (Å²) in [5.74, 6) is 6.42. The monoisotopic (exact) mass is 224 g/mol. The van der Waals surface area contributed by atoms with Gasteiger partial charge in [0.1, 0.15) is 5.02 Å². The summed E-state index contributed by atoms with van der Waals surface area (Å²) in [5, 5.41) is 3.50. The normalized spacial score (nSPS) is 9.27. The van der Waals surface area contributed by atoms with Gasteiger partial charge in [0.25, 0.3) is 0 Å². The molecule has 0 fully saturated rings. The van der Waals surface area contributed by atoms with Gasteiger partial charge in [-0.15, -0.1) is 0 Å². The van der Waals surface area contributed by atoms with Crippen LogP contribution in [0.25, 0.3) is 0 Å². The SMILES string of the molecule is CNCCC#Cc1cnc(OC)c(Cl)c1. The van der Waals surface area contributed by atoms with Crippen molar-refractivity contribution in [3.63, 3.8) is 0 Å². The maximum atomic E-state index is 5.90. The Morgan fingerprint density at radius 1 is 1.60 bits per heavy atom. The van der Waals surface area contributed by atoms with Gasteiger partial charge >= 0.3 is 0 Å². The molecule has 0 aliphatic heterocycles. The molecule has 0 saturated heterocycles. The van der Waals surface area contributed by atoms with Crippen molar-refractivity contribution in [1.82, 2.24) is 10.3 Å². The number of methoxy groups -OCH3 is 1. The zero-order chi connectivity index (χ0) is 11.1. The van der Waals surface area contributed by atoms with E-state index in [1.807, 2.05) is 7.05 Å². The molecule has 3 nitrogen and oxygen atoms in total. The van der Waals surface area contributed by atoms with Gasteiger partial charge in [-0.3, -0.25) is 0 Å². The van der Waals surface area contributed by atoms with Crippen molar-refractivity contribution in [2.24, 2.45) is 0 Å². The van der Waals surface area contributed by atoms with Crippen molar-refractivity contribution in [2.75, 3.05) is 20.7 Å². The highest BCUT2D eigenvalue weighted by molar-refractivity contribution is 6.31. The van der Waals surface area contributed by atoms with Gasteiger partial charge in [-0.2, -0.15) is 0 Å². The summed E-state index contributed by atoms with van der Waals surface area (Å²) >= 11 is 5.90. The molecule has 4 heteroatoms. The summed E-state index contributed by atoms with van der Waals surface area (Å²) < 4.78 is 4.94. The van der Waals surface area contributed by atoms with Crippen LogP contribution in [-0.2, 0) is 0 Å². The number of rotatable bonds is 3. The molecule has 1 aromatic heterocycles. The molecule has 15 heavy (non-hydrogen) atoms. The minimum absolute atomic E-state index is 0.428. The molecule has 1 aromatic rings. The van der Waals surface area contributed by atoms with E-state index in [0.29, 0.717) is 10.9 Å². The van der Waals surface area contributed by atoms with E-state index in [2.05, 4.69) is 22.1 Å². The maximum Gasteiger partial charge on any atom is 0.232 e. The first-order chi connectivity index (χ1) is 7.27. The third-order valence-electron chi connectivity index (χ3n) is 1.73. The lowest BCUT2D eigenvalue weighted by molar-refractivity contribution is 0.398. The van der Waals surface area contributed by atoms with Crippen molar-refractivity contribution in [1.29, 1.82) is 0 Å². The molecule has 0 bridgehead atoms. The highest BCUT2D eigenvalue weighted by Gasteiger charge is 2.00. The Morgan fingerprint density at radius 2 is 2.40 bits per heavy atom. The molecule has 0 spiro atoms. The topological polar surface area (TPSA) is 34.2 Å². The Bertz CT molecular complexity index is 382. The standard InChI is InChI=1S/C11H13ClN2O/c1-13-6-4-3-5-9-7-10(12)11(15-2)14-8-9/h7-8,13H,4,6H2,1-2H3. The lowest BCUT2D eigenvalue weighted by atomic mass is 10.3. The van der Waals surface area contributed by atoms with Crippen molar-refractivity contribution in [3.05, 3.63) is 22.8 Å². The Labute approximate surface area is 94.8 Å². The van der Waals surface area contributed by atoms with Gasteiger partial charge in [-0.25, -0.2) is 4.98 Å². The van der Waals surface area contributed by atoms with Gasteiger partial charge < -0.3 is 10.1 Å². The third kappa shape index (κ3) is 3.78. The van der Waals surface area contributed by atoms with E-state index in [-0.39, 0.29) is 0 Å². The summed E-state index contributed by atoms with van der Waals surface area (Å²) in [5.41, 5.74) is 0.803. The fourth-order valence-corrected chi connectivity index (χ4v) is 1.24. The third-order valence-corrected chi connectivity index (χ3v) is 2.00. The Kier molecular flexibility index (Phi) is 4.96. The number of nitrogens with zero attached hydrogens (tertiary/aromatic N) is 1. The van der Waals surface area contributed by atoms with E-state index in [0.717, 1.165) is 18.5 Å². The maximum absolute atomic E-state index is 5.90. The second-order valence-electron chi connectivity index (χ2n) is 2.87. The van der Waals surface area contributed by atoms with Crippen LogP contribution in [-0.4, -0.2) is 25.7 Å². The first-order valence-electron chi connectivity index (χ1n) is 4.61. The van der Waals surface area contributed by atoms with E-state index >= 15 is 0 Å². The number of pyridine rings is 1. The molecule has 0 aromatic carbocycles.